The van der Waals surface area contributed by atoms with Crippen LogP contribution in [0.25, 0.3) is 0 Å². The third kappa shape index (κ3) is 8.90. The van der Waals surface area contributed by atoms with Crippen LogP contribution in [0.5, 0.6) is 0 Å². The molecule has 0 fully saturated rings. The standard InChI is InChI=1S/C15H33NO2/c1-7-8-9-17-14(4)12(2)11-18-15(5,6)10-13(3)16/h12-14H,7-11,16H2,1-6H3. The first-order valence-corrected chi connectivity index (χ1v) is 7.29. The molecule has 0 radical (unpaired) electrons. The molecule has 0 aromatic carbocycles. The molecule has 0 aliphatic rings. The monoisotopic (exact) mass is 259 g/mol. The molecule has 3 atom stereocenters. The van der Waals surface area contributed by atoms with Crippen molar-refractivity contribution < 1.29 is 9.47 Å². The predicted octanol–water partition coefficient (Wildman–Crippen LogP) is 3.36. The largest absolute Gasteiger partial charge is 0.378 e. The molecule has 0 bridgehead atoms. The van der Waals surface area contributed by atoms with E-state index in [1.54, 1.807) is 0 Å². The molecule has 0 rings (SSSR count). The minimum atomic E-state index is -0.147. The van der Waals surface area contributed by atoms with Crippen LogP contribution in [0.1, 0.15) is 60.8 Å². The molecule has 0 saturated carbocycles. The third-order valence-corrected chi connectivity index (χ3v) is 3.23. The Morgan fingerprint density at radius 2 is 1.78 bits per heavy atom. The van der Waals surface area contributed by atoms with E-state index >= 15 is 0 Å². The topological polar surface area (TPSA) is 44.5 Å². The second kappa shape index (κ2) is 8.89. The van der Waals surface area contributed by atoms with Gasteiger partial charge in [-0.05, 0) is 40.5 Å². The van der Waals surface area contributed by atoms with Gasteiger partial charge in [-0.25, -0.2) is 0 Å². The summed E-state index contributed by atoms with van der Waals surface area (Å²) in [4.78, 5) is 0. The maximum absolute atomic E-state index is 5.97. The molecule has 18 heavy (non-hydrogen) atoms. The van der Waals surface area contributed by atoms with Gasteiger partial charge >= 0.3 is 0 Å². The Morgan fingerprint density at radius 3 is 2.28 bits per heavy atom. The summed E-state index contributed by atoms with van der Waals surface area (Å²) >= 11 is 0. The fraction of sp³-hybridized carbons (Fsp3) is 1.00. The molecule has 0 aliphatic carbocycles. The van der Waals surface area contributed by atoms with Gasteiger partial charge in [-0.15, -0.1) is 0 Å². The van der Waals surface area contributed by atoms with Crippen LogP contribution in [0, 0.1) is 5.92 Å². The fourth-order valence-corrected chi connectivity index (χ4v) is 1.90. The van der Waals surface area contributed by atoms with Gasteiger partial charge in [-0.3, -0.25) is 0 Å². The van der Waals surface area contributed by atoms with Crippen molar-refractivity contribution >= 4 is 0 Å². The van der Waals surface area contributed by atoms with Crippen molar-refractivity contribution in [2.75, 3.05) is 13.2 Å². The molecule has 3 nitrogen and oxygen atoms in total. The van der Waals surface area contributed by atoms with Crippen molar-refractivity contribution in [1.82, 2.24) is 0 Å². The van der Waals surface area contributed by atoms with E-state index in [4.69, 9.17) is 15.2 Å². The SMILES string of the molecule is CCCCOC(C)C(C)COC(C)(C)CC(C)N. The van der Waals surface area contributed by atoms with Crippen molar-refractivity contribution in [2.45, 2.75) is 78.6 Å². The van der Waals surface area contributed by atoms with Gasteiger partial charge in [0.1, 0.15) is 0 Å². The molecular formula is C15H33NO2. The summed E-state index contributed by atoms with van der Waals surface area (Å²) in [5.74, 6) is 0.411. The van der Waals surface area contributed by atoms with Gasteiger partial charge in [0.15, 0.2) is 0 Å². The normalized spacial score (nSPS) is 17.5. The van der Waals surface area contributed by atoms with E-state index in [1.807, 2.05) is 6.92 Å². The lowest BCUT2D eigenvalue weighted by atomic mass is 9.99. The maximum Gasteiger partial charge on any atom is 0.0641 e. The average molecular weight is 259 g/mol. The minimum absolute atomic E-state index is 0.147. The van der Waals surface area contributed by atoms with Crippen molar-refractivity contribution in [2.24, 2.45) is 11.7 Å². The summed E-state index contributed by atoms with van der Waals surface area (Å²) in [5, 5.41) is 0. The number of unbranched alkanes of at least 4 members (excludes halogenated alkanes) is 1. The summed E-state index contributed by atoms with van der Waals surface area (Å²) in [6.45, 7) is 14.3. The van der Waals surface area contributed by atoms with Gasteiger partial charge in [0, 0.05) is 18.6 Å². The lowest BCUT2D eigenvalue weighted by Gasteiger charge is -2.30. The first kappa shape index (κ1) is 17.9. The van der Waals surface area contributed by atoms with Crippen LogP contribution in [0.15, 0.2) is 0 Å². The molecule has 110 valence electrons. The zero-order valence-corrected chi connectivity index (χ0v) is 13.2. The molecule has 0 saturated heterocycles. The van der Waals surface area contributed by atoms with Crippen LogP contribution in [0.2, 0.25) is 0 Å². The van der Waals surface area contributed by atoms with E-state index in [9.17, 15) is 0 Å². The number of nitrogens with two attached hydrogens (primary N) is 1. The lowest BCUT2D eigenvalue weighted by Crippen LogP contribution is -2.35. The van der Waals surface area contributed by atoms with Gasteiger partial charge in [-0.2, -0.15) is 0 Å². The zero-order valence-electron chi connectivity index (χ0n) is 13.2. The molecule has 3 heteroatoms. The van der Waals surface area contributed by atoms with Crippen molar-refractivity contribution in [3.8, 4) is 0 Å². The van der Waals surface area contributed by atoms with Crippen molar-refractivity contribution in [3.05, 3.63) is 0 Å². The van der Waals surface area contributed by atoms with E-state index in [1.165, 1.54) is 6.42 Å². The van der Waals surface area contributed by atoms with Crippen LogP contribution in [0.3, 0.4) is 0 Å². The molecular weight excluding hydrogens is 226 g/mol. The predicted molar refractivity (Wildman–Crippen MR) is 77.8 cm³/mol. The number of ether oxygens (including phenoxy) is 2. The van der Waals surface area contributed by atoms with Crippen LogP contribution < -0.4 is 5.73 Å². The highest BCUT2D eigenvalue weighted by Gasteiger charge is 2.22. The summed E-state index contributed by atoms with van der Waals surface area (Å²) in [5.41, 5.74) is 5.67. The Bertz CT molecular complexity index is 205. The van der Waals surface area contributed by atoms with Crippen LogP contribution in [-0.4, -0.2) is 31.0 Å². The smallest absolute Gasteiger partial charge is 0.0641 e. The Labute approximate surface area is 113 Å². The van der Waals surface area contributed by atoms with Gasteiger partial charge < -0.3 is 15.2 Å². The van der Waals surface area contributed by atoms with Gasteiger partial charge in [0.05, 0.1) is 18.3 Å². The van der Waals surface area contributed by atoms with Crippen LogP contribution in [0.4, 0.5) is 0 Å². The van der Waals surface area contributed by atoms with E-state index in [-0.39, 0.29) is 17.7 Å². The Balaban J connectivity index is 3.89. The first-order valence-electron chi connectivity index (χ1n) is 7.29. The quantitative estimate of drug-likeness (QED) is 0.612. The molecule has 2 N–H and O–H groups in total. The Hall–Kier alpha value is -0.120. The highest BCUT2D eigenvalue weighted by atomic mass is 16.5. The molecule has 0 aromatic rings. The average Bonchev–Trinajstić information content (AvgIpc) is 2.24. The van der Waals surface area contributed by atoms with E-state index in [0.29, 0.717) is 5.92 Å². The maximum atomic E-state index is 5.97. The van der Waals surface area contributed by atoms with Crippen molar-refractivity contribution in [1.29, 1.82) is 0 Å². The summed E-state index contributed by atoms with van der Waals surface area (Å²) in [7, 11) is 0. The van der Waals surface area contributed by atoms with Gasteiger partial charge in [0.25, 0.3) is 0 Å². The van der Waals surface area contributed by atoms with Crippen molar-refractivity contribution in [3.63, 3.8) is 0 Å². The second-order valence-corrected chi connectivity index (χ2v) is 6.16. The Kier molecular flexibility index (Phi) is 8.83. The summed E-state index contributed by atoms with van der Waals surface area (Å²) in [6.07, 6.45) is 3.44. The van der Waals surface area contributed by atoms with Gasteiger partial charge in [-0.1, -0.05) is 20.3 Å². The number of hydrogen-bond acceptors (Lipinski definition) is 3. The molecule has 0 heterocycles. The Morgan fingerprint density at radius 1 is 1.17 bits per heavy atom. The highest BCUT2D eigenvalue weighted by molar-refractivity contribution is 4.74. The third-order valence-electron chi connectivity index (χ3n) is 3.23. The van der Waals surface area contributed by atoms with Crippen LogP contribution >= 0.6 is 0 Å². The van der Waals surface area contributed by atoms with E-state index < -0.39 is 0 Å². The zero-order chi connectivity index (χ0) is 14.2. The van der Waals surface area contributed by atoms with E-state index in [2.05, 4.69) is 34.6 Å². The second-order valence-electron chi connectivity index (χ2n) is 6.16. The highest BCUT2D eigenvalue weighted by Crippen LogP contribution is 2.19. The first-order chi connectivity index (χ1) is 8.28. The fourth-order valence-electron chi connectivity index (χ4n) is 1.90. The van der Waals surface area contributed by atoms with E-state index in [0.717, 1.165) is 26.1 Å². The number of rotatable bonds is 10. The molecule has 0 aromatic heterocycles. The molecule has 0 spiro atoms. The molecule has 3 unspecified atom stereocenters. The molecule has 0 amide bonds. The minimum Gasteiger partial charge on any atom is -0.378 e. The molecule has 0 aliphatic heterocycles. The summed E-state index contributed by atoms with van der Waals surface area (Å²) in [6, 6.07) is 0.175. The lowest BCUT2D eigenvalue weighted by molar-refractivity contribution is -0.0705. The summed E-state index contributed by atoms with van der Waals surface area (Å²) < 4.78 is 11.8. The number of hydrogen-bond donors (Lipinski definition) is 1. The van der Waals surface area contributed by atoms with Gasteiger partial charge in [0.2, 0.25) is 0 Å². The van der Waals surface area contributed by atoms with Crippen LogP contribution in [-0.2, 0) is 9.47 Å².